The van der Waals surface area contributed by atoms with E-state index in [1.54, 1.807) is 0 Å². The van der Waals surface area contributed by atoms with E-state index in [1.807, 2.05) is 6.08 Å². The van der Waals surface area contributed by atoms with E-state index in [0.29, 0.717) is 5.78 Å². The molecule has 0 heterocycles. The molecule has 1 aliphatic rings. The predicted octanol–water partition coefficient (Wildman–Crippen LogP) is 1.69. The van der Waals surface area contributed by atoms with Gasteiger partial charge in [0.25, 0.3) is 0 Å². The molecule has 0 aromatic rings. The van der Waals surface area contributed by atoms with E-state index in [2.05, 4.69) is 6.92 Å². The van der Waals surface area contributed by atoms with Crippen LogP contribution in [0.25, 0.3) is 0 Å². The molecular weight excluding hydrogens is 100 g/mol. The minimum Gasteiger partial charge on any atom is -0.294 e. The minimum atomic E-state index is 0.346. The van der Waals surface area contributed by atoms with Crippen molar-refractivity contribution in [1.82, 2.24) is 0 Å². The monoisotopic (exact) mass is 110 g/mol. The highest BCUT2D eigenvalue weighted by atomic mass is 16.1. The largest absolute Gasteiger partial charge is 0.294 e. The standard InChI is InChI=1S/C7H10O/c1-2-3-4-6-5-7(6)8/h4H,2-3,5H2,1H3. The maximum atomic E-state index is 10.3. The van der Waals surface area contributed by atoms with E-state index in [0.717, 1.165) is 24.8 Å². The van der Waals surface area contributed by atoms with Crippen LogP contribution in [-0.4, -0.2) is 5.78 Å². The third kappa shape index (κ3) is 1.19. The van der Waals surface area contributed by atoms with Crippen LogP contribution in [0.5, 0.6) is 0 Å². The molecule has 0 saturated heterocycles. The fourth-order valence-corrected chi connectivity index (χ4v) is 0.633. The van der Waals surface area contributed by atoms with Crippen LogP contribution in [0.4, 0.5) is 0 Å². The number of carbonyl (C=O) groups excluding carboxylic acids is 1. The number of carbonyl (C=O) groups is 1. The number of ketones is 1. The molecule has 1 nitrogen and oxygen atoms in total. The molecule has 1 fully saturated rings. The van der Waals surface area contributed by atoms with Crippen LogP contribution in [0.1, 0.15) is 26.2 Å². The Labute approximate surface area is 49.4 Å². The average molecular weight is 110 g/mol. The molecule has 0 amide bonds. The van der Waals surface area contributed by atoms with Crippen LogP contribution < -0.4 is 0 Å². The molecule has 44 valence electrons. The number of rotatable bonds is 2. The van der Waals surface area contributed by atoms with Crippen molar-refractivity contribution in [2.24, 2.45) is 0 Å². The van der Waals surface area contributed by atoms with Crippen LogP contribution in [-0.2, 0) is 4.79 Å². The smallest absolute Gasteiger partial charge is 0.163 e. The first-order valence-corrected chi connectivity index (χ1v) is 3.07. The highest BCUT2D eigenvalue weighted by Crippen LogP contribution is 2.22. The lowest BCUT2D eigenvalue weighted by Gasteiger charge is -1.76. The zero-order valence-corrected chi connectivity index (χ0v) is 5.11. The molecule has 8 heavy (non-hydrogen) atoms. The van der Waals surface area contributed by atoms with Crippen molar-refractivity contribution in [3.63, 3.8) is 0 Å². The maximum Gasteiger partial charge on any atom is 0.163 e. The van der Waals surface area contributed by atoms with Crippen molar-refractivity contribution in [3.05, 3.63) is 11.6 Å². The van der Waals surface area contributed by atoms with Gasteiger partial charge < -0.3 is 0 Å². The second kappa shape index (κ2) is 2.12. The van der Waals surface area contributed by atoms with Crippen molar-refractivity contribution in [2.45, 2.75) is 26.2 Å². The molecule has 1 aliphatic carbocycles. The van der Waals surface area contributed by atoms with E-state index < -0.39 is 0 Å². The summed E-state index contributed by atoms with van der Waals surface area (Å²) in [6, 6.07) is 0. The van der Waals surface area contributed by atoms with Crippen LogP contribution in [0, 0.1) is 0 Å². The summed E-state index contributed by atoms with van der Waals surface area (Å²) in [5.74, 6) is 0.346. The molecule has 0 aromatic carbocycles. The topological polar surface area (TPSA) is 17.1 Å². The Morgan fingerprint density at radius 2 is 2.38 bits per heavy atom. The Bertz CT molecular complexity index is 133. The predicted molar refractivity (Wildman–Crippen MR) is 32.6 cm³/mol. The number of allylic oxidation sites excluding steroid dienone is 2. The molecule has 1 heteroatoms. The second-order valence-electron chi connectivity index (χ2n) is 2.12. The highest BCUT2D eigenvalue weighted by Gasteiger charge is 2.24. The molecule has 0 N–H and O–H groups in total. The molecule has 0 bridgehead atoms. The quantitative estimate of drug-likeness (QED) is 0.494. The van der Waals surface area contributed by atoms with E-state index in [9.17, 15) is 4.79 Å². The van der Waals surface area contributed by atoms with Crippen LogP contribution in [0.2, 0.25) is 0 Å². The van der Waals surface area contributed by atoms with Gasteiger partial charge in [-0.2, -0.15) is 0 Å². The van der Waals surface area contributed by atoms with Gasteiger partial charge >= 0.3 is 0 Å². The van der Waals surface area contributed by atoms with Gasteiger partial charge in [0.1, 0.15) is 0 Å². The molecule has 0 radical (unpaired) electrons. The van der Waals surface area contributed by atoms with E-state index in [1.165, 1.54) is 0 Å². The number of hydrogen-bond acceptors (Lipinski definition) is 1. The summed E-state index contributed by atoms with van der Waals surface area (Å²) in [6.45, 7) is 2.11. The number of Topliss-reactive ketones (excluding diaryl/α,β-unsaturated/α-hetero) is 1. The van der Waals surface area contributed by atoms with Crippen molar-refractivity contribution >= 4 is 5.78 Å². The summed E-state index contributed by atoms with van der Waals surface area (Å²) in [7, 11) is 0. The summed E-state index contributed by atoms with van der Waals surface area (Å²) in [5.41, 5.74) is 1.05. The van der Waals surface area contributed by atoms with Gasteiger partial charge in [-0.25, -0.2) is 0 Å². The van der Waals surface area contributed by atoms with Gasteiger partial charge in [-0.05, 0) is 12.0 Å². The Kier molecular flexibility index (Phi) is 1.47. The third-order valence-corrected chi connectivity index (χ3v) is 1.26. The van der Waals surface area contributed by atoms with Gasteiger partial charge in [-0.3, -0.25) is 4.79 Å². The minimum absolute atomic E-state index is 0.346. The lowest BCUT2D eigenvalue weighted by molar-refractivity contribution is -0.108. The van der Waals surface area contributed by atoms with Crippen LogP contribution in [0.3, 0.4) is 0 Å². The molecule has 0 atom stereocenters. The molecule has 0 spiro atoms. The Hall–Kier alpha value is -0.590. The summed E-state index contributed by atoms with van der Waals surface area (Å²) >= 11 is 0. The third-order valence-electron chi connectivity index (χ3n) is 1.26. The van der Waals surface area contributed by atoms with Gasteiger partial charge in [-0.15, -0.1) is 0 Å². The zero-order chi connectivity index (χ0) is 5.98. The van der Waals surface area contributed by atoms with E-state index >= 15 is 0 Å². The van der Waals surface area contributed by atoms with Crippen LogP contribution in [0.15, 0.2) is 11.6 Å². The van der Waals surface area contributed by atoms with Crippen LogP contribution >= 0.6 is 0 Å². The molecule has 1 saturated carbocycles. The summed E-state index contributed by atoms with van der Waals surface area (Å²) in [5, 5.41) is 0. The summed E-state index contributed by atoms with van der Waals surface area (Å²) in [6.07, 6.45) is 5.00. The van der Waals surface area contributed by atoms with Gasteiger partial charge in [-0.1, -0.05) is 19.4 Å². The lowest BCUT2D eigenvalue weighted by atomic mass is 10.3. The van der Waals surface area contributed by atoms with Gasteiger partial charge in [0, 0.05) is 6.42 Å². The van der Waals surface area contributed by atoms with E-state index in [-0.39, 0.29) is 0 Å². The first kappa shape index (κ1) is 5.54. The second-order valence-corrected chi connectivity index (χ2v) is 2.12. The molecule has 0 unspecified atom stereocenters. The van der Waals surface area contributed by atoms with Crippen molar-refractivity contribution in [2.75, 3.05) is 0 Å². The first-order chi connectivity index (χ1) is 3.84. The summed E-state index contributed by atoms with van der Waals surface area (Å²) < 4.78 is 0. The fourth-order valence-electron chi connectivity index (χ4n) is 0.633. The van der Waals surface area contributed by atoms with Crippen molar-refractivity contribution in [3.8, 4) is 0 Å². The molecule has 0 aromatic heterocycles. The maximum absolute atomic E-state index is 10.3. The van der Waals surface area contributed by atoms with Crippen molar-refractivity contribution < 1.29 is 4.79 Å². The highest BCUT2D eigenvalue weighted by molar-refractivity contribution is 6.13. The zero-order valence-electron chi connectivity index (χ0n) is 5.11. The van der Waals surface area contributed by atoms with Gasteiger partial charge in [0.2, 0.25) is 0 Å². The van der Waals surface area contributed by atoms with Gasteiger partial charge in [0.05, 0.1) is 0 Å². The number of unbranched alkanes of at least 4 members (excludes halogenated alkanes) is 1. The Morgan fingerprint density at radius 1 is 1.75 bits per heavy atom. The normalized spacial score (nSPS) is 22.1. The molecule has 1 rings (SSSR count). The summed E-state index contributed by atoms with van der Waals surface area (Å²) in [4.78, 5) is 10.3. The fraction of sp³-hybridized carbons (Fsp3) is 0.571. The first-order valence-electron chi connectivity index (χ1n) is 3.07. The SMILES string of the molecule is CCCC=C1CC1=O. The van der Waals surface area contributed by atoms with Gasteiger partial charge in [0.15, 0.2) is 5.78 Å². The van der Waals surface area contributed by atoms with E-state index in [4.69, 9.17) is 0 Å². The van der Waals surface area contributed by atoms with Crippen molar-refractivity contribution in [1.29, 1.82) is 0 Å². The molecular formula is C7H10O. The number of hydrogen-bond donors (Lipinski definition) is 0. The average Bonchev–Trinajstić information content (AvgIpc) is 2.42. The lowest BCUT2D eigenvalue weighted by Crippen LogP contribution is -1.61. The molecule has 0 aliphatic heterocycles. The Balaban J connectivity index is 2.25. The Morgan fingerprint density at radius 3 is 2.75 bits per heavy atom.